The number of hydrogen-bond acceptors (Lipinski definition) is 2. The molecule has 0 spiro atoms. The lowest BCUT2D eigenvalue weighted by atomic mass is 9.86. The van der Waals surface area contributed by atoms with E-state index in [1.807, 2.05) is 12.1 Å². The number of nitrogens with one attached hydrogen (secondary N) is 1. The van der Waals surface area contributed by atoms with Crippen LogP contribution in [-0.4, -0.2) is 6.04 Å². The van der Waals surface area contributed by atoms with E-state index < -0.39 is 0 Å². The van der Waals surface area contributed by atoms with Crippen molar-refractivity contribution in [2.45, 2.75) is 45.6 Å². The zero-order valence-electron chi connectivity index (χ0n) is 10.3. The van der Waals surface area contributed by atoms with Crippen molar-refractivity contribution in [3.05, 3.63) is 23.8 Å². The van der Waals surface area contributed by atoms with Gasteiger partial charge in [-0.05, 0) is 49.4 Å². The number of nitrogen functional groups attached to an aromatic ring is 1. The van der Waals surface area contributed by atoms with Gasteiger partial charge in [0.1, 0.15) is 0 Å². The third-order valence-electron chi connectivity index (χ3n) is 3.56. The molecule has 0 radical (unpaired) electrons. The van der Waals surface area contributed by atoms with Gasteiger partial charge in [-0.1, -0.05) is 19.8 Å². The summed E-state index contributed by atoms with van der Waals surface area (Å²) < 4.78 is 0. The Morgan fingerprint density at radius 2 is 1.94 bits per heavy atom. The maximum absolute atomic E-state index is 5.86. The molecular weight excluding hydrogens is 196 g/mol. The van der Waals surface area contributed by atoms with Crippen LogP contribution in [0.3, 0.4) is 0 Å². The molecule has 1 aromatic carbocycles. The molecule has 0 bridgehead atoms. The number of aryl methyl sites for hydroxylation is 1. The van der Waals surface area contributed by atoms with Crippen LogP contribution in [-0.2, 0) is 0 Å². The van der Waals surface area contributed by atoms with Crippen molar-refractivity contribution in [2.75, 3.05) is 11.1 Å². The van der Waals surface area contributed by atoms with Gasteiger partial charge < -0.3 is 11.1 Å². The smallest absolute Gasteiger partial charge is 0.0365 e. The maximum atomic E-state index is 5.86. The summed E-state index contributed by atoms with van der Waals surface area (Å²) in [7, 11) is 0. The van der Waals surface area contributed by atoms with Crippen molar-refractivity contribution >= 4 is 11.4 Å². The normalized spacial score (nSPS) is 25.4. The Kier molecular flexibility index (Phi) is 3.37. The average Bonchev–Trinajstić information content (AvgIpc) is 2.20. The third-order valence-corrected chi connectivity index (χ3v) is 3.56. The summed E-state index contributed by atoms with van der Waals surface area (Å²) in [4.78, 5) is 0. The number of anilines is 2. The molecule has 2 unspecified atom stereocenters. The van der Waals surface area contributed by atoms with E-state index in [1.54, 1.807) is 0 Å². The fourth-order valence-electron chi connectivity index (χ4n) is 2.64. The summed E-state index contributed by atoms with van der Waals surface area (Å²) in [5.74, 6) is 0.774. The highest BCUT2D eigenvalue weighted by molar-refractivity contribution is 5.57. The minimum absolute atomic E-state index is 0.620. The lowest BCUT2D eigenvalue weighted by Gasteiger charge is -2.30. The van der Waals surface area contributed by atoms with E-state index in [4.69, 9.17) is 5.73 Å². The molecule has 0 amide bonds. The zero-order chi connectivity index (χ0) is 11.5. The van der Waals surface area contributed by atoms with Crippen molar-refractivity contribution in [2.24, 2.45) is 5.92 Å². The molecule has 1 fully saturated rings. The molecule has 1 aliphatic rings. The van der Waals surface area contributed by atoms with Gasteiger partial charge in [0.15, 0.2) is 0 Å². The molecule has 1 saturated carbocycles. The van der Waals surface area contributed by atoms with Crippen LogP contribution < -0.4 is 11.1 Å². The Labute approximate surface area is 98.2 Å². The van der Waals surface area contributed by atoms with E-state index in [9.17, 15) is 0 Å². The molecule has 88 valence electrons. The van der Waals surface area contributed by atoms with Gasteiger partial charge in [-0.2, -0.15) is 0 Å². The second-order valence-electron chi connectivity index (χ2n) is 5.14. The second-order valence-corrected chi connectivity index (χ2v) is 5.14. The van der Waals surface area contributed by atoms with Crippen LogP contribution in [0.4, 0.5) is 11.4 Å². The first-order valence-corrected chi connectivity index (χ1v) is 6.29. The average molecular weight is 218 g/mol. The third kappa shape index (κ3) is 2.69. The van der Waals surface area contributed by atoms with Gasteiger partial charge in [-0.3, -0.25) is 0 Å². The van der Waals surface area contributed by atoms with Gasteiger partial charge in [-0.15, -0.1) is 0 Å². The molecule has 0 saturated heterocycles. The molecule has 2 atom stereocenters. The molecule has 2 nitrogen and oxygen atoms in total. The van der Waals surface area contributed by atoms with E-state index in [0.29, 0.717) is 6.04 Å². The molecule has 16 heavy (non-hydrogen) atoms. The molecule has 2 heteroatoms. The van der Waals surface area contributed by atoms with E-state index in [2.05, 4.69) is 25.2 Å². The molecule has 0 aromatic heterocycles. The van der Waals surface area contributed by atoms with E-state index >= 15 is 0 Å². The number of rotatable bonds is 2. The highest BCUT2D eigenvalue weighted by Crippen LogP contribution is 2.27. The summed E-state index contributed by atoms with van der Waals surface area (Å²) in [6, 6.07) is 6.84. The van der Waals surface area contributed by atoms with E-state index in [1.165, 1.54) is 36.9 Å². The lowest BCUT2D eigenvalue weighted by Crippen LogP contribution is -2.30. The topological polar surface area (TPSA) is 38.0 Å². The molecular formula is C14H22N2. The van der Waals surface area contributed by atoms with Crippen LogP contribution in [0.1, 0.15) is 38.2 Å². The second kappa shape index (κ2) is 4.77. The first-order valence-electron chi connectivity index (χ1n) is 6.29. The van der Waals surface area contributed by atoms with Crippen LogP contribution in [0.25, 0.3) is 0 Å². The minimum atomic E-state index is 0.620. The van der Waals surface area contributed by atoms with Gasteiger partial charge in [0.05, 0.1) is 0 Å². The van der Waals surface area contributed by atoms with Crippen LogP contribution in [0.15, 0.2) is 18.2 Å². The van der Waals surface area contributed by atoms with Gasteiger partial charge in [0, 0.05) is 17.4 Å². The number of hydrogen-bond donors (Lipinski definition) is 2. The predicted octanol–water partition coefficient (Wildman–Crippen LogP) is 3.57. The highest BCUT2D eigenvalue weighted by atomic mass is 14.9. The van der Waals surface area contributed by atoms with Crippen molar-refractivity contribution in [3.8, 4) is 0 Å². The number of nitrogens with two attached hydrogens (primary N) is 1. The maximum Gasteiger partial charge on any atom is 0.0365 e. The molecule has 1 aliphatic carbocycles. The van der Waals surface area contributed by atoms with Crippen molar-refractivity contribution in [1.29, 1.82) is 0 Å². The lowest BCUT2D eigenvalue weighted by molar-refractivity contribution is 0.349. The Morgan fingerprint density at radius 3 is 2.62 bits per heavy atom. The Bertz CT molecular complexity index is 340. The molecule has 1 aromatic rings. The minimum Gasteiger partial charge on any atom is -0.399 e. The van der Waals surface area contributed by atoms with E-state index in [-0.39, 0.29) is 0 Å². The van der Waals surface area contributed by atoms with Crippen LogP contribution in [0, 0.1) is 12.8 Å². The quantitative estimate of drug-likeness (QED) is 0.745. The van der Waals surface area contributed by atoms with Crippen molar-refractivity contribution in [1.82, 2.24) is 0 Å². The van der Waals surface area contributed by atoms with E-state index in [0.717, 1.165) is 11.6 Å². The van der Waals surface area contributed by atoms with Crippen LogP contribution in [0.5, 0.6) is 0 Å². The molecule has 3 N–H and O–H groups in total. The first-order chi connectivity index (χ1) is 7.65. The largest absolute Gasteiger partial charge is 0.399 e. The number of benzene rings is 1. The fraction of sp³-hybridized carbons (Fsp3) is 0.571. The van der Waals surface area contributed by atoms with Crippen LogP contribution >= 0.6 is 0 Å². The highest BCUT2D eigenvalue weighted by Gasteiger charge is 2.20. The van der Waals surface area contributed by atoms with Gasteiger partial charge in [0.2, 0.25) is 0 Å². The summed E-state index contributed by atoms with van der Waals surface area (Å²) in [6.45, 7) is 4.43. The monoisotopic (exact) mass is 218 g/mol. The van der Waals surface area contributed by atoms with Crippen molar-refractivity contribution in [3.63, 3.8) is 0 Å². The van der Waals surface area contributed by atoms with Gasteiger partial charge in [-0.25, -0.2) is 0 Å². The standard InChI is InChI=1S/C14H22N2/c1-10-7-12(15)9-13(8-10)16-14-6-4-3-5-11(14)2/h7-9,11,14,16H,3-6,15H2,1-2H3. The molecule has 2 rings (SSSR count). The summed E-state index contributed by atoms with van der Waals surface area (Å²) >= 11 is 0. The Hall–Kier alpha value is -1.18. The van der Waals surface area contributed by atoms with Gasteiger partial charge >= 0.3 is 0 Å². The summed E-state index contributed by atoms with van der Waals surface area (Å²) in [5, 5.41) is 3.63. The van der Waals surface area contributed by atoms with Crippen LogP contribution in [0.2, 0.25) is 0 Å². The Balaban J connectivity index is 2.07. The summed E-state index contributed by atoms with van der Waals surface area (Å²) in [6.07, 6.45) is 5.37. The first kappa shape index (κ1) is 11.3. The van der Waals surface area contributed by atoms with Crippen molar-refractivity contribution < 1.29 is 0 Å². The SMILES string of the molecule is Cc1cc(N)cc(NC2CCCCC2C)c1. The Morgan fingerprint density at radius 1 is 1.19 bits per heavy atom. The van der Waals surface area contributed by atoms with Gasteiger partial charge in [0.25, 0.3) is 0 Å². The molecule has 0 aliphatic heterocycles. The summed E-state index contributed by atoms with van der Waals surface area (Å²) in [5.41, 5.74) is 9.12. The fourth-order valence-corrected chi connectivity index (χ4v) is 2.64. The zero-order valence-corrected chi connectivity index (χ0v) is 10.3. The predicted molar refractivity (Wildman–Crippen MR) is 70.6 cm³/mol. The molecule has 0 heterocycles.